The SMILES string of the molecule is CCCCc1c(O)[n+](CC(C)C)c2cccnn2c1=O. The predicted molar refractivity (Wildman–Crippen MR) is 76.8 cm³/mol. The number of hydrogen-bond acceptors (Lipinski definition) is 3. The molecule has 0 unspecified atom stereocenters. The molecule has 5 heteroatoms. The molecule has 20 heavy (non-hydrogen) atoms. The van der Waals surface area contributed by atoms with Crippen LogP contribution in [0.3, 0.4) is 0 Å². The Labute approximate surface area is 118 Å². The molecule has 0 saturated heterocycles. The molecule has 0 saturated carbocycles. The zero-order valence-corrected chi connectivity index (χ0v) is 12.3. The topological polar surface area (TPSA) is 58.5 Å². The van der Waals surface area contributed by atoms with E-state index in [2.05, 4.69) is 25.9 Å². The van der Waals surface area contributed by atoms with Gasteiger partial charge in [0.15, 0.2) is 0 Å². The van der Waals surface area contributed by atoms with Crippen LogP contribution in [0.2, 0.25) is 0 Å². The number of rotatable bonds is 5. The smallest absolute Gasteiger partial charge is 0.370 e. The van der Waals surface area contributed by atoms with Gasteiger partial charge in [0.2, 0.25) is 0 Å². The van der Waals surface area contributed by atoms with Gasteiger partial charge >= 0.3 is 11.2 Å². The van der Waals surface area contributed by atoms with E-state index < -0.39 is 0 Å². The van der Waals surface area contributed by atoms with Crippen molar-refractivity contribution in [1.82, 2.24) is 9.61 Å². The van der Waals surface area contributed by atoms with Crippen LogP contribution < -0.4 is 10.1 Å². The Morgan fingerprint density at radius 2 is 2.20 bits per heavy atom. The Bertz CT molecular complexity index is 662. The lowest BCUT2D eigenvalue weighted by atomic mass is 10.1. The Morgan fingerprint density at radius 3 is 2.85 bits per heavy atom. The first-order valence-corrected chi connectivity index (χ1v) is 7.18. The highest BCUT2D eigenvalue weighted by atomic mass is 16.3. The largest absolute Gasteiger partial charge is 0.477 e. The minimum Gasteiger partial charge on any atom is -0.477 e. The lowest BCUT2D eigenvalue weighted by molar-refractivity contribution is -0.687. The first-order valence-electron chi connectivity index (χ1n) is 7.18. The first-order chi connectivity index (χ1) is 9.56. The molecule has 0 spiro atoms. The number of aromatic nitrogens is 3. The Hall–Kier alpha value is -1.91. The highest BCUT2D eigenvalue weighted by molar-refractivity contribution is 5.33. The molecule has 2 aromatic heterocycles. The van der Waals surface area contributed by atoms with Crippen LogP contribution in [-0.4, -0.2) is 14.7 Å². The average Bonchev–Trinajstić information content (AvgIpc) is 2.43. The molecule has 108 valence electrons. The summed E-state index contributed by atoms with van der Waals surface area (Å²) in [4.78, 5) is 12.4. The van der Waals surface area contributed by atoms with Crippen molar-refractivity contribution in [3.8, 4) is 5.88 Å². The van der Waals surface area contributed by atoms with E-state index in [0.717, 1.165) is 12.8 Å². The molecule has 0 aliphatic rings. The van der Waals surface area contributed by atoms with Crippen molar-refractivity contribution in [2.75, 3.05) is 0 Å². The fraction of sp³-hybridized carbons (Fsp3) is 0.533. The molecule has 0 fully saturated rings. The molecule has 0 aliphatic heterocycles. The summed E-state index contributed by atoms with van der Waals surface area (Å²) in [5, 5.41) is 14.6. The van der Waals surface area contributed by atoms with Crippen LogP contribution in [0.1, 0.15) is 39.2 Å². The van der Waals surface area contributed by atoms with Gasteiger partial charge in [-0.05, 0) is 24.8 Å². The zero-order valence-electron chi connectivity index (χ0n) is 12.3. The number of fused-ring (bicyclic) bond motifs is 1. The van der Waals surface area contributed by atoms with E-state index in [-0.39, 0.29) is 11.4 Å². The summed E-state index contributed by atoms with van der Waals surface area (Å²) in [6.45, 7) is 6.88. The Balaban J connectivity index is 2.71. The molecule has 2 heterocycles. The van der Waals surface area contributed by atoms with Gasteiger partial charge in [-0.25, -0.2) is 4.79 Å². The van der Waals surface area contributed by atoms with Gasteiger partial charge in [-0.15, -0.1) is 0 Å². The van der Waals surface area contributed by atoms with Gasteiger partial charge in [-0.2, -0.15) is 4.57 Å². The van der Waals surface area contributed by atoms with Crippen molar-refractivity contribution in [2.24, 2.45) is 5.92 Å². The average molecular weight is 276 g/mol. The summed E-state index contributed by atoms with van der Waals surface area (Å²) in [5.74, 6) is 0.455. The molecule has 2 rings (SSSR count). The third-order valence-corrected chi connectivity index (χ3v) is 3.31. The maximum absolute atomic E-state index is 12.4. The molecule has 0 atom stereocenters. The normalized spacial score (nSPS) is 11.4. The standard InChI is InChI=1S/C15H21N3O2/c1-4-5-7-12-14(19)17(10-11(2)3)13-8-6-9-16-18(13)15(12)20/h6,8-9,11H,4-5,7,10H2,1-3H3/p+1. The summed E-state index contributed by atoms with van der Waals surface area (Å²) in [7, 11) is 0. The van der Waals surface area contributed by atoms with Crippen molar-refractivity contribution in [3.05, 3.63) is 34.2 Å². The molecule has 5 nitrogen and oxygen atoms in total. The van der Waals surface area contributed by atoms with Gasteiger partial charge < -0.3 is 5.11 Å². The molecule has 1 N–H and O–H groups in total. The predicted octanol–water partition coefficient (Wildman–Crippen LogP) is 1.69. The zero-order chi connectivity index (χ0) is 14.7. The molecule has 0 amide bonds. The molecule has 0 radical (unpaired) electrons. The molecule has 2 aromatic rings. The van der Waals surface area contributed by atoms with Gasteiger partial charge in [0.1, 0.15) is 5.56 Å². The van der Waals surface area contributed by atoms with Crippen molar-refractivity contribution >= 4 is 5.65 Å². The molecular weight excluding hydrogens is 254 g/mol. The maximum atomic E-state index is 12.4. The van der Waals surface area contributed by atoms with Gasteiger partial charge in [0.05, 0.1) is 12.7 Å². The molecule has 0 bridgehead atoms. The van der Waals surface area contributed by atoms with Crippen LogP contribution >= 0.6 is 0 Å². The van der Waals surface area contributed by atoms with Crippen molar-refractivity contribution in [2.45, 2.75) is 46.6 Å². The summed E-state index contributed by atoms with van der Waals surface area (Å²) in [6, 6.07) is 3.58. The lowest BCUT2D eigenvalue weighted by Crippen LogP contribution is -2.44. The van der Waals surface area contributed by atoms with E-state index in [4.69, 9.17) is 0 Å². The van der Waals surface area contributed by atoms with Crippen molar-refractivity contribution in [1.29, 1.82) is 0 Å². The van der Waals surface area contributed by atoms with E-state index >= 15 is 0 Å². The minimum absolute atomic E-state index is 0.0881. The highest BCUT2D eigenvalue weighted by Crippen LogP contribution is 2.13. The molecule has 0 aliphatic carbocycles. The summed E-state index contributed by atoms with van der Waals surface area (Å²) in [6.07, 6.45) is 4.03. The van der Waals surface area contributed by atoms with E-state index in [0.29, 0.717) is 30.1 Å². The second kappa shape index (κ2) is 6.03. The number of aromatic hydroxyl groups is 1. The third-order valence-electron chi connectivity index (χ3n) is 3.31. The number of nitrogens with zero attached hydrogens (tertiary/aromatic N) is 3. The van der Waals surface area contributed by atoms with Crippen LogP contribution in [0.25, 0.3) is 5.65 Å². The maximum Gasteiger partial charge on any atom is 0.370 e. The lowest BCUT2D eigenvalue weighted by Gasteiger charge is -2.10. The van der Waals surface area contributed by atoms with Crippen LogP contribution in [0.5, 0.6) is 5.88 Å². The fourth-order valence-corrected chi connectivity index (χ4v) is 2.34. The fourth-order valence-electron chi connectivity index (χ4n) is 2.34. The Morgan fingerprint density at radius 1 is 1.45 bits per heavy atom. The highest BCUT2D eigenvalue weighted by Gasteiger charge is 2.24. The van der Waals surface area contributed by atoms with Crippen LogP contribution in [-0.2, 0) is 13.0 Å². The van der Waals surface area contributed by atoms with Crippen molar-refractivity contribution < 1.29 is 9.67 Å². The quantitative estimate of drug-likeness (QED) is 0.845. The Kier molecular flexibility index (Phi) is 4.37. The summed E-state index contributed by atoms with van der Waals surface area (Å²) in [5.41, 5.74) is 0.874. The summed E-state index contributed by atoms with van der Waals surface area (Å²) >= 11 is 0. The molecule has 0 aromatic carbocycles. The van der Waals surface area contributed by atoms with Gasteiger partial charge in [0, 0.05) is 6.07 Å². The second-order valence-electron chi connectivity index (χ2n) is 5.51. The van der Waals surface area contributed by atoms with Crippen molar-refractivity contribution in [3.63, 3.8) is 0 Å². The van der Waals surface area contributed by atoms with Crippen LogP contribution in [0.15, 0.2) is 23.1 Å². The molecular formula is C15H22N3O2+. The van der Waals surface area contributed by atoms with E-state index in [1.165, 1.54) is 4.52 Å². The van der Waals surface area contributed by atoms with E-state index in [9.17, 15) is 9.90 Å². The second-order valence-corrected chi connectivity index (χ2v) is 5.51. The van der Waals surface area contributed by atoms with Crippen LogP contribution in [0.4, 0.5) is 0 Å². The summed E-state index contributed by atoms with van der Waals surface area (Å²) < 4.78 is 3.16. The minimum atomic E-state index is -0.216. The van der Waals surface area contributed by atoms with E-state index in [1.807, 2.05) is 0 Å². The first kappa shape index (κ1) is 14.5. The third kappa shape index (κ3) is 2.66. The monoisotopic (exact) mass is 276 g/mol. The van der Waals surface area contributed by atoms with Gasteiger partial charge in [0.25, 0.3) is 5.88 Å². The van der Waals surface area contributed by atoms with Gasteiger partial charge in [-0.3, -0.25) is 0 Å². The van der Waals surface area contributed by atoms with Crippen LogP contribution in [0, 0.1) is 5.92 Å². The van der Waals surface area contributed by atoms with E-state index in [1.54, 1.807) is 22.9 Å². The number of hydrogen-bond donors (Lipinski definition) is 1. The van der Waals surface area contributed by atoms with Gasteiger partial charge in [-0.1, -0.05) is 36.8 Å². The number of unbranched alkanes of at least 4 members (excludes halogenated alkanes) is 1.